The highest BCUT2D eigenvalue weighted by molar-refractivity contribution is 5.91. The predicted molar refractivity (Wildman–Crippen MR) is 114 cm³/mol. The van der Waals surface area contributed by atoms with Crippen LogP contribution in [0, 0.1) is 0 Å². The molecule has 0 saturated heterocycles. The molecule has 0 radical (unpaired) electrons. The zero-order valence-corrected chi connectivity index (χ0v) is 15.7. The zero-order valence-electron chi connectivity index (χ0n) is 14.9. The minimum atomic E-state index is 0. The van der Waals surface area contributed by atoms with Crippen molar-refractivity contribution in [1.82, 2.24) is 0 Å². The third kappa shape index (κ3) is 3.70. The van der Waals surface area contributed by atoms with E-state index in [0.717, 1.165) is 38.4 Å². The fourth-order valence-electron chi connectivity index (χ4n) is 3.49. The largest absolute Gasteiger partial charge is 0.508 e. The van der Waals surface area contributed by atoms with E-state index in [0.29, 0.717) is 25.3 Å². The maximum absolute atomic E-state index is 10.5. The first kappa shape index (κ1) is 19.0. The summed E-state index contributed by atoms with van der Waals surface area (Å²) in [5.74, 6) is 1.13. The summed E-state index contributed by atoms with van der Waals surface area (Å²) in [6, 6.07) is 24.1. The Kier molecular flexibility index (Phi) is 5.84. The van der Waals surface area contributed by atoms with E-state index in [1.807, 2.05) is 36.4 Å². The molecule has 3 N–H and O–H groups in total. The molecule has 0 amide bonds. The quantitative estimate of drug-likeness (QED) is 0.510. The third-order valence-corrected chi connectivity index (χ3v) is 4.74. The maximum Gasteiger partial charge on any atom is 0.123 e. The molecule has 0 saturated carbocycles. The predicted octanol–water partition coefficient (Wildman–Crippen LogP) is 5.05. The fourth-order valence-corrected chi connectivity index (χ4v) is 3.49. The number of rotatable bonds is 5. The van der Waals surface area contributed by atoms with Gasteiger partial charge in [-0.15, -0.1) is 12.4 Å². The lowest BCUT2D eigenvalue weighted by molar-refractivity contribution is 0.326. The second kappa shape index (κ2) is 8.30. The molecule has 3 nitrogen and oxygen atoms in total. The molecule has 0 aliphatic rings. The van der Waals surface area contributed by atoms with Crippen LogP contribution in [0.4, 0.5) is 0 Å². The van der Waals surface area contributed by atoms with Gasteiger partial charge in [-0.05, 0) is 33.7 Å². The number of aromatic hydroxyl groups is 1. The maximum atomic E-state index is 10.5. The van der Waals surface area contributed by atoms with E-state index in [2.05, 4.69) is 30.3 Å². The van der Waals surface area contributed by atoms with Crippen molar-refractivity contribution in [2.24, 2.45) is 5.73 Å². The molecule has 0 heterocycles. The second-order valence-corrected chi connectivity index (χ2v) is 6.36. The van der Waals surface area contributed by atoms with E-state index >= 15 is 0 Å². The van der Waals surface area contributed by atoms with Gasteiger partial charge in [-0.3, -0.25) is 0 Å². The monoisotopic (exact) mass is 379 g/mol. The number of halogens is 1. The van der Waals surface area contributed by atoms with Crippen molar-refractivity contribution in [3.05, 3.63) is 83.9 Å². The highest BCUT2D eigenvalue weighted by Crippen LogP contribution is 2.35. The standard InChI is InChI=1S/C23H21NO2.ClH/c24-13-14-26-23-12-10-17-6-2-4-8-19(17)21(23)15-20-18-7-3-1-5-16(18)9-11-22(20)25;/h1-12,25H,13-15,24H2;1H. The lowest BCUT2D eigenvalue weighted by Gasteiger charge is -2.16. The van der Waals surface area contributed by atoms with Crippen molar-refractivity contribution >= 4 is 34.0 Å². The van der Waals surface area contributed by atoms with E-state index in [-0.39, 0.29) is 12.4 Å². The molecule has 0 aliphatic heterocycles. The molecule has 27 heavy (non-hydrogen) atoms. The molecule has 0 fully saturated rings. The minimum Gasteiger partial charge on any atom is -0.508 e. The Morgan fingerprint density at radius 3 is 2.00 bits per heavy atom. The molecule has 0 aromatic heterocycles. The summed E-state index contributed by atoms with van der Waals surface area (Å²) in [7, 11) is 0. The van der Waals surface area contributed by atoms with Crippen LogP contribution in [0.1, 0.15) is 11.1 Å². The van der Waals surface area contributed by atoms with Gasteiger partial charge < -0.3 is 15.6 Å². The molecule has 138 valence electrons. The van der Waals surface area contributed by atoms with Crippen molar-refractivity contribution in [2.75, 3.05) is 13.2 Å². The number of ether oxygens (including phenoxy) is 1. The van der Waals surface area contributed by atoms with Crippen molar-refractivity contribution in [1.29, 1.82) is 0 Å². The average molecular weight is 380 g/mol. The van der Waals surface area contributed by atoms with Crippen LogP contribution in [0.3, 0.4) is 0 Å². The van der Waals surface area contributed by atoms with E-state index in [9.17, 15) is 5.11 Å². The molecule has 0 bridgehead atoms. The van der Waals surface area contributed by atoms with Crippen LogP contribution in [-0.4, -0.2) is 18.3 Å². The van der Waals surface area contributed by atoms with Gasteiger partial charge in [0, 0.05) is 24.1 Å². The van der Waals surface area contributed by atoms with E-state index in [4.69, 9.17) is 10.5 Å². The minimum absolute atomic E-state index is 0. The summed E-state index contributed by atoms with van der Waals surface area (Å²) >= 11 is 0. The lowest BCUT2D eigenvalue weighted by Crippen LogP contribution is -2.11. The highest BCUT2D eigenvalue weighted by atomic mass is 35.5. The van der Waals surface area contributed by atoms with Crippen LogP contribution in [-0.2, 0) is 6.42 Å². The third-order valence-electron chi connectivity index (χ3n) is 4.74. The fraction of sp³-hybridized carbons (Fsp3) is 0.130. The Morgan fingerprint density at radius 1 is 0.741 bits per heavy atom. The molecule has 4 aromatic rings. The highest BCUT2D eigenvalue weighted by Gasteiger charge is 2.14. The van der Waals surface area contributed by atoms with Crippen LogP contribution >= 0.6 is 12.4 Å². The Balaban J connectivity index is 0.00000210. The number of benzene rings is 4. The molecule has 4 aromatic carbocycles. The first-order chi connectivity index (χ1) is 12.8. The van der Waals surface area contributed by atoms with Crippen molar-refractivity contribution in [3.8, 4) is 11.5 Å². The molecule has 0 atom stereocenters. The normalized spacial score (nSPS) is 10.7. The van der Waals surface area contributed by atoms with Gasteiger partial charge in [0.2, 0.25) is 0 Å². The number of phenolic OH excluding ortho intramolecular Hbond substituents is 1. The van der Waals surface area contributed by atoms with Gasteiger partial charge in [0.25, 0.3) is 0 Å². The van der Waals surface area contributed by atoms with Crippen LogP contribution in [0.25, 0.3) is 21.5 Å². The van der Waals surface area contributed by atoms with E-state index < -0.39 is 0 Å². The van der Waals surface area contributed by atoms with Gasteiger partial charge in [0.15, 0.2) is 0 Å². The summed E-state index contributed by atoms with van der Waals surface area (Å²) < 4.78 is 5.91. The van der Waals surface area contributed by atoms with Gasteiger partial charge in [-0.1, -0.05) is 60.7 Å². The van der Waals surface area contributed by atoms with Crippen LogP contribution in [0.15, 0.2) is 72.8 Å². The number of fused-ring (bicyclic) bond motifs is 2. The lowest BCUT2D eigenvalue weighted by atomic mass is 9.93. The Labute approximate surface area is 164 Å². The summed E-state index contributed by atoms with van der Waals surface area (Å²) in [6.45, 7) is 0.929. The first-order valence-corrected chi connectivity index (χ1v) is 8.81. The van der Waals surface area contributed by atoms with Gasteiger partial charge in [0.1, 0.15) is 18.1 Å². The molecular weight excluding hydrogens is 358 g/mol. The average Bonchev–Trinajstić information content (AvgIpc) is 2.69. The molecular formula is C23H22ClNO2. The first-order valence-electron chi connectivity index (χ1n) is 8.81. The van der Waals surface area contributed by atoms with Gasteiger partial charge in [0.05, 0.1) is 0 Å². The van der Waals surface area contributed by atoms with Gasteiger partial charge >= 0.3 is 0 Å². The molecule has 0 unspecified atom stereocenters. The van der Waals surface area contributed by atoms with E-state index in [1.165, 1.54) is 0 Å². The SMILES string of the molecule is Cl.NCCOc1ccc2ccccc2c1Cc1c(O)ccc2ccccc12. The van der Waals surface area contributed by atoms with Gasteiger partial charge in [-0.25, -0.2) is 0 Å². The zero-order chi connectivity index (χ0) is 17.9. The van der Waals surface area contributed by atoms with Crippen LogP contribution in [0.2, 0.25) is 0 Å². The second-order valence-electron chi connectivity index (χ2n) is 6.36. The Bertz CT molecular complexity index is 1080. The molecule has 4 heteroatoms. The number of phenols is 1. The molecule has 0 spiro atoms. The smallest absolute Gasteiger partial charge is 0.123 e. The number of hydrogen-bond donors (Lipinski definition) is 2. The van der Waals surface area contributed by atoms with Crippen molar-refractivity contribution in [3.63, 3.8) is 0 Å². The Morgan fingerprint density at radius 2 is 1.33 bits per heavy atom. The van der Waals surface area contributed by atoms with E-state index in [1.54, 1.807) is 6.07 Å². The summed E-state index contributed by atoms with van der Waals surface area (Å²) in [5.41, 5.74) is 7.61. The number of nitrogens with two attached hydrogens (primary N) is 1. The molecule has 0 aliphatic carbocycles. The summed E-state index contributed by atoms with van der Waals surface area (Å²) in [5, 5.41) is 15.0. The van der Waals surface area contributed by atoms with Crippen LogP contribution < -0.4 is 10.5 Å². The Hall–Kier alpha value is -2.75. The number of hydrogen-bond acceptors (Lipinski definition) is 3. The topological polar surface area (TPSA) is 55.5 Å². The van der Waals surface area contributed by atoms with Crippen molar-refractivity contribution < 1.29 is 9.84 Å². The van der Waals surface area contributed by atoms with Crippen molar-refractivity contribution in [2.45, 2.75) is 6.42 Å². The van der Waals surface area contributed by atoms with Gasteiger partial charge in [-0.2, -0.15) is 0 Å². The molecule has 4 rings (SSSR count). The summed E-state index contributed by atoms with van der Waals surface area (Å²) in [4.78, 5) is 0. The summed E-state index contributed by atoms with van der Waals surface area (Å²) in [6.07, 6.45) is 0.592. The van der Waals surface area contributed by atoms with Crippen LogP contribution in [0.5, 0.6) is 11.5 Å².